The number of halogens is 2. The van der Waals surface area contributed by atoms with Crippen LogP contribution < -0.4 is 0 Å². The Bertz CT molecular complexity index is 286. The van der Waals surface area contributed by atoms with E-state index in [1.54, 1.807) is 6.92 Å². The van der Waals surface area contributed by atoms with Crippen molar-refractivity contribution in [3.63, 3.8) is 0 Å². The van der Waals surface area contributed by atoms with Crippen LogP contribution in [0.25, 0.3) is 0 Å². The highest BCUT2D eigenvalue weighted by atomic mass is 79.9. The SMILES string of the molecule is Cc1cc(F)c(O)c(CO)c1Br. The van der Waals surface area contributed by atoms with E-state index in [2.05, 4.69) is 15.9 Å². The highest BCUT2D eigenvalue weighted by molar-refractivity contribution is 9.10. The third-order valence-corrected chi connectivity index (χ3v) is 2.73. The molecule has 66 valence electrons. The number of aryl methyl sites for hydroxylation is 1. The Labute approximate surface area is 77.8 Å². The Balaban J connectivity index is 3.42. The van der Waals surface area contributed by atoms with Crippen molar-refractivity contribution in [2.45, 2.75) is 13.5 Å². The highest BCUT2D eigenvalue weighted by Crippen LogP contribution is 2.31. The lowest BCUT2D eigenvalue weighted by Gasteiger charge is -2.07. The molecule has 2 nitrogen and oxygen atoms in total. The second-order valence-electron chi connectivity index (χ2n) is 2.47. The first-order valence-electron chi connectivity index (χ1n) is 3.35. The topological polar surface area (TPSA) is 40.5 Å². The smallest absolute Gasteiger partial charge is 0.165 e. The Kier molecular flexibility index (Phi) is 2.69. The summed E-state index contributed by atoms with van der Waals surface area (Å²) in [4.78, 5) is 0. The molecule has 0 spiro atoms. The molecular weight excluding hydrogens is 227 g/mol. The maximum absolute atomic E-state index is 12.8. The summed E-state index contributed by atoms with van der Waals surface area (Å²) in [5.41, 5.74) is 0.835. The fourth-order valence-electron chi connectivity index (χ4n) is 0.952. The van der Waals surface area contributed by atoms with E-state index >= 15 is 0 Å². The number of benzene rings is 1. The standard InChI is InChI=1S/C8H8BrFO2/c1-4-2-6(10)8(12)5(3-11)7(4)9/h2,11-12H,3H2,1H3. The third kappa shape index (κ3) is 1.44. The first-order chi connectivity index (χ1) is 5.57. The van der Waals surface area contributed by atoms with Gasteiger partial charge in [0.2, 0.25) is 0 Å². The van der Waals surface area contributed by atoms with Crippen LogP contribution in [0.1, 0.15) is 11.1 Å². The Morgan fingerprint density at radius 2 is 2.17 bits per heavy atom. The zero-order valence-corrected chi connectivity index (χ0v) is 8.02. The number of aromatic hydroxyl groups is 1. The van der Waals surface area contributed by atoms with Gasteiger partial charge in [0.1, 0.15) is 0 Å². The molecule has 0 aliphatic heterocycles. The van der Waals surface area contributed by atoms with Gasteiger partial charge in [-0.25, -0.2) is 4.39 Å². The molecule has 0 aliphatic carbocycles. The fourth-order valence-corrected chi connectivity index (χ4v) is 1.38. The molecular formula is C8H8BrFO2. The number of hydrogen-bond acceptors (Lipinski definition) is 2. The summed E-state index contributed by atoms with van der Waals surface area (Å²) in [6.45, 7) is 1.30. The summed E-state index contributed by atoms with van der Waals surface area (Å²) < 4.78 is 13.4. The Morgan fingerprint density at radius 1 is 1.58 bits per heavy atom. The first-order valence-corrected chi connectivity index (χ1v) is 4.14. The van der Waals surface area contributed by atoms with Crippen LogP contribution >= 0.6 is 15.9 Å². The van der Waals surface area contributed by atoms with Gasteiger partial charge in [-0.1, -0.05) is 15.9 Å². The van der Waals surface area contributed by atoms with Gasteiger partial charge in [-0.15, -0.1) is 0 Å². The average Bonchev–Trinajstić information content (AvgIpc) is 2.02. The van der Waals surface area contributed by atoms with Gasteiger partial charge >= 0.3 is 0 Å². The van der Waals surface area contributed by atoms with Gasteiger partial charge in [0.15, 0.2) is 11.6 Å². The molecule has 4 heteroatoms. The maximum atomic E-state index is 12.8. The molecule has 0 atom stereocenters. The quantitative estimate of drug-likeness (QED) is 0.782. The van der Waals surface area contributed by atoms with Crippen LogP contribution in [0.5, 0.6) is 5.75 Å². The zero-order valence-electron chi connectivity index (χ0n) is 6.43. The van der Waals surface area contributed by atoms with E-state index in [9.17, 15) is 4.39 Å². The van der Waals surface area contributed by atoms with Crippen LogP contribution in [-0.4, -0.2) is 10.2 Å². The van der Waals surface area contributed by atoms with Gasteiger partial charge < -0.3 is 10.2 Å². The fraction of sp³-hybridized carbons (Fsp3) is 0.250. The summed E-state index contributed by atoms with van der Waals surface area (Å²) in [5, 5.41) is 17.9. The highest BCUT2D eigenvalue weighted by Gasteiger charge is 2.12. The van der Waals surface area contributed by atoms with E-state index in [0.29, 0.717) is 10.0 Å². The number of rotatable bonds is 1. The van der Waals surface area contributed by atoms with Gasteiger partial charge in [0, 0.05) is 10.0 Å². The van der Waals surface area contributed by atoms with Crippen LogP contribution in [0.15, 0.2) is 10.5 Å². The van der Waals surface area contributed by atoms with Crippen LogP contribution in [0.3, 0.4) is 0 Å². The maximum Gasteiger partial charge on any atom is 0.165 e. The summed E-state index contributed by atoms with van der Waals surface area (Å²) in [6.07, 6.45) is 0. The average molecular weight is 235 g/mol. The van der Waals surface area contributed by atoms with Gasteiger partial charge in [-0.3, -0.25) is 0 Å². The van der Waals surface area contributed by atoms with Gasteiger partial charge in [0.25, 0.3) is 0 Å². The van der Waals surface area contributed by atoms with E-state index < -0.39 is 11.6 Å². The normalized spacial score (nSPS) is 10.3. The molecule has 0 aromatic heterocycles. The van der Waals surface area contributed by atoms with Crippen molar-refractivity contribution in [1.82, 2.24) is 0 Å². The van der Waals surface area contributed by atoms with Gasteiger partial charge in [0.05, 0.1) is 6.61 Å². The second kappa shape index (κ2) is 3.41. The van der Waals surface area contributed by atoms with Crippen molar-refractivity contribution in [1.29, 1.82) is 0 Å². The minimum atomic E-state index is -0.709. The minimum absolute atomic E-state index is 0.188. The lowest BCUT2D eigenvalue weighted by molar-refractivity contribution is 0.272. The predicted octanol–water partition coefficient (Wildman–Crippen LogP) is 2.09. The second-order valence-corrected chi connectivity index (χ2v) is 3.27. The molecule has 0 amide bonds. The third-order valence-electron chi connectivity index (χ3n) is 1.62. The number of phenols is 1. The van der Waals surface area contributed by atoms with Crippen LogP contribution in [-0.2, 0) is 6.61 Å². The molecule has 0 saturated heterocycles. The van der Waals surface area contributed by atoms with Crippen molar-refractivity contribution in [3.05, 3.63) is 27.5 Å². The van der Waals surface area contributed by atoms with Crippen molar-refractivity contribution in [2.75, 3.05) is 0 Å². The molecule has 0 heterocycles. The summed E-state index contributed by atoms with van der Waals surface area (Å²) in [5.74, 6) is -1.20. The van der Waals surface area contributed by atoms with Crippen LogP contribution in [0.2, 0.25) is 0 Å². The lowest BCUT2D eigenvalue weighted by atomic mass is 10.1. The lowest BCUT2D eigenvalue weighted by Crippen LogP contribution is -1.92. The molecule has 2 N–H and O–H groups in total. The number of hydrogen-bond donors (Lipinski definition) is 2. The van der Waals surface area contributed by atoms with E-state index in [-0.39, 0.29) is 12.2 Å². The number of aliphatic hydroxyl groups is 1. The summed E-state index contributed by atoms with van der Waals surface area (Å²) in [7, 11) is 0. The summed E-state index contributed by atoms with van der Waals surface area (Å²) >= 11 is 3.14. The largest absolute Gasteiger partial charge is 0.505 e. The Hall–Kier alpha value is -0.610. The monoisotopic (exact) mass is 234 g/mol. The van der Waals surface area contributed by atoms with Gasteiger partial charge in [-0.2, -0.15) is 0 Å². The van der Waals surface area contributed by atoms with Crippen molar-refractivity contribution < 1.29 is 14.6 Å². The zero-order chi connectivity index (χ0) is 9.30. The molecule has 0 saturated carbocycles. The first kappa shape index (κ1) is 9.48. The molecule has 0 aliphatic rings. The number of aliphatic hydroxyl groups excluding tert-OH is 1. The van der Waals surface area contributed by atoms with E-state index in [0.717, 1.165) is 0 Å². The van der Waals surface area contributed by atoms with E-state index in [4.69, 9.17) is 10.2 Å². The van der Waals surface area contributed by atoms with Crippen molar-refractivity contribution >= 4 is 15.9 Å². The summed E-state index contributed by atoms with van der Waals surface area (Å²) in [6, 6.07) is 1.21. The minimum Gasteiger partial charge on any atom is -0.505 e. The molecule has 1 rings (SSSR count). The molecule has 1 aromatic carbocycles. The van der Waals surface area contributed by atoms with E-state index in [1.165, 1.54) is 6.07 Å². The molecule has 12 heavy (non-hydrogen) atoms. The van der Waals surface area contributed by atoms with Crippen molar-refractivity contribution in [3.8, 4) is 5.75 Å². The Morgan fingerprint density at radius 3 is 2.67 bits per heavy atom. The molecule has 0 fully saturated rings. The molecule has 0 bridgehead atoms. The molecule has 0 unspecified atom stereocenters. The van der Waals surface area contributed by atoms with Crippen molar-refractivity contribution in [2.24, 2.45) is 0 Å². The van der Waals surface area contributed by atoms with Crippen LogP contribution in [0, 0.1) is 12.7 Å². The van der Waals surface area contributed by atoms with Gasteiger partial charge in [-0.05, 0) is 18.6 Å². The predicted molar refractivity (Wildman–Crippen MR) is 46.4 cm³/mol. The van der Waals surface area contributed by atoms with E-state index in [1.807, 2.05) is 0 Å². The molecule has 0 radical (unpaired) electrons. The molecule has 1 aromatic rings. The van der Waals surface area contributed by atoms with Crippen LogP contribution in [0.4, 0.5) is 4.39 Å².